The molecular weight excluding hydrogens is 304 g/mol. The molecule has 0 atom stereocenters. The molecule has 2 aromatic heterocycles. The number of aryl methyl sites for hydroxylation is 1. The van der Waals surface area contributed by atoms with Gasteiger partial charge in [-0.3, -0.25) is 4.68 Å². The zero-order chi connectivity index (χ0) is 16.1. The summed E-state index contributed by atoms with van der Waals surface area (Å²) in [6, 6.07) is 0. The lowest BCUT2D eigenvalue weighted by Crippen LogP contribution is -2.46. The standard InChI is InChI=1S/C15H19F2N5O/c1-10-8-19-22(9-10)14(2-4-18-5-3-14)13-20-12(23-21-13)11-6-15(16,17)7-11/h8-9,11,18H,2-7H2,1H3. The molecule has 0 spiro atoms. The van der Waals surface area contributed by atoms with Gasteiger partial charge in [0, 0.05) is 25.0 Å². The Morgan fingerprint density at radius 2 is 2.04 bits per heavy atom. The second-order valence-corrected chi connectivity index (χ2v) is 6.66. The molecule has 2 fully saturated rings. The zero-order valence-corrected chi connectivity index (χ0v) is 12.9. The van der Waals surface area contributed by atoms with Gasteiger partial charge in [-0.15, -0.1) is 0 Å². The smallest absolute Gasteiger partial charge is 0.249 e. The highest BCUT2D eigenvalue weighted by atomic mass is 19.3. The third-order valence-corrected chi connectivity index (χ3v) is 4.88. The number of alkyl halides is 2. The molecule has 0 radical (unpaired) electrons. The summed E-state index contributed by atoms with van der Waals surface area (Å²) < 4.78 is 33.3. The quantitative estimate of drug-likeness (QED) is 0.938. The first-order chi connectivity index (χ1) is 11.0. The van der Waals surface area contributed by atoms with E-state index in [-0.39, 0.29) is 18.8 Å². The van der Waals surface area contributed by atoms with Crippen molar-refractivity contribution in [1.82, 2.24) is 25.2 Å². The fraction of sp³-hybridized carbons (Fsp3) is 0.667. The van der Waals surface area contributed by atoms with E-state index in [4.69, 9.17) is 4.52 Å². The van der Waals surface area contributed by atoms with Crippen LogP contribution in [0.1, 0.15) is 48.9 Å². The van der Waals surface area contributed by atoms with Crippen LogP contribution in [-0.2, 0) is 5.54 Å². The first-order valence-electron chi connectivity index (χ1n) is 7.93. The lowest BCUT2D eigenvalue weighted by atomic mass is 9.81. The Kier molecular flexibility index (Phi) is 3.26. The second-order valence-electron chi connectivity index (χ2n) is 6.66. The van der Waals surface area contributed by atoms with Gasteiger partial charge in [0.15, 0.2) is 5.82 Å². The van der Waals surface area contributed by atoms with Crippen molar-refractivity contribution in [3.63, 3.8) is 0 Å². The number of hydrogen-bond donors (Lipinski definition) is 1. The van der Waals surface area contributed by atoms with Crippen LogP contribution in [0.4, 0.5) is 8.78 Å². The normalized spacial score (nSPS) is 23.6. The molecule has 0 bridgehead atoms. The van der Waals surface area contributed by atoms with Gasteiger partial charge in [0.25, 0.3) is 0 Å². The molecule has 0 amide bonds. The van der Waals surface area contributed by atoms with Crippen LogP contribution >= 0.6 is 0 Å². The van der Waals surface area contributed by atoms with Crippen LogP contribution in [0.15, 0.2) is 16.9 Å². The molecule has 0 unspecified atom stereocenters. The molecule has 1 N–H and O–H groups in total. The van der Waals surface area contributed by atoms with Crippen molar-refractivity contribution in [2.45, 2.75) is 50.0 Å². The summed E-state index contributed by atoms with van der Waals surface area (Å²) in [5.74, 6) is -2.05. The van der Waals surface area contributed by atoms with E-state index in [1.807, 2.05) is 17.8 Å². The Bertz CT molecular complexity index is 696. The number of nitrogens with one attached hydrogen (secondary N) is 1. The average molecular weight is 323 g/mol. The highest BCUT2D eigenvalue weighted by Gasteiger charge is 2.49. The van der Waals surface area contributed by atoms with Crippen LogP contribution in [0.2, 0.25) is 0 Å². The lowest BCUT2D eigenvalue weighted by Gasteiger charge is -2.35. The summed E-state index contributed by atoms with van der Waals surface area (Å²) in [7, 11) is 0. The van der Waals surface area contributed by atoms with Gasteiger partial charge in [0.2, 0.25) is 11.8 Å². The molecular formula is C15H19F2N5O. The van der Waals surface area contributed by atoms with Crippen LogP contribution in [-0.4, -0.2) is 38.9 Å². The third-order valence-electron chi connectivity index (χ3n) is 4.88. The van der Waals surface area contributed by atoms with Crippen LogP contribution in [0.25, 0.3) is 0 Å². The van der Waals surface area contributed by atoms with E-state index < -0.39 is 11.5 Å². The highest BCUT2D eigenvalue weighted by Crippen LogP contribution is 2.48. The van der Waals surface area contributed by atoms with Gasteiger partial charge in [-0.2, -0.15) is 10.1 Å². The van der Waals surface area contributed by atoms with E-state index >= 15 is 0 Å². The van der Waals surface area contributed by atoms with Gasteiger partial charge >= 0.3 is 0 Å². The van der Waals surface area contributed by atoms with Crippen molar-refractivity contribution < 1.29 is 13.3 Å². The highest BCUT2D eigenvalue weighted by molar-refractivity contribution is 5.15. The summed E-state index contributed by atoms with van der Waals surface area (Å²) in [6.45, 7) is 3.63. The maximum absolute atomic E-state index is 13.1. The van der Waals surface area contributed by atoms with Crippen LogP contribution in [0.3, 0.4) is 0 Å². The molecule has 1 aliphatic carbocycles. The molecule has 1 aliphatic heterocycles. The van der Waals surface area contributed by atoms with Gasteiger partial charge in [-0.1, -0.05) is 5.16 Å². The fourth-order valence-electron chi connectivity index (χ4n) is 3.47. The fourth-order valence-corrected chi connectivity index (χ4v) is 3.47. The number of nitrogens with zero attached hydrogens (tertiary/aromatic N) is 4. The Morgan fingerprint density at radius 3 is 2.65 bits per heavy atom. The van der Waals surface area contributed by atoms with Crippen molar-refractivity contribution in [2.75, 3.05) is 13.1 Å². The van der Waals surface area contributed by atoms with Crippen LogP contribution in [0, 0.1) is 6.92 Å². The number of hydrogen-bond acceptors (Lipinski definition) is 5. The zero-order valence-electron chi connectivity index (χ0n) is 12.9. The van der Waals surface area contributed by atoms with E-state index in [0.717, 1.165) is 31.5 Å². The molecule has 8 heteroatoms. The molecule has 1 saturated heterocycles. The first kappa shape index (κ1) is 14.7. The minimum atomic E-state index is -2.59. The molecule has 2 aromatic rings. The molecule has 23 heavy (non-hydrogen) atoms. The second kappa shape index (κ2) is 5.09. The van der Waals surface area contributed by atoms with Gasteiger partial charge in [-0.25, -0.2) is 8.78 Å². The SMILES string of the molecule is Cc1cnn(C2(c3noc(C4CC(F)(F)C4)n3)CCNCC2)c1. The number of halogens is 2. The van der Waals surface area contributed by atoms with E-state index in [9.17, 15) is 8.78 Å². The van der Waals surface area contributed by atoms with Crippen LogP contribution < -0.4 is 5.32 Å². The van der Waals surface area contributed by atoms with Crippen molar-refractivity contribution in [2.24, 2.45) is 0 Å². The van der Waals surface area contributed by atoms with Gasteiger partial charge < -0.3 is 9.84 Å². The van der Waals surface area contributed by atoms with Gasteiger partial charge in [0.1, 0.15) is 5.54 Å². The molecule has 4 rings (SSSR count). The van der Waals surface area contributed by atoms with Crippen molar-refractivity contribution in [1.29, 1.82) is 0 Å². The third kappa shape index (κ3) is 2.45. The molecule has 1 saturated carbocycles. The van der Waals surface area contributed by atoms with Gasteiger partial charge in [-0.05, 0) is 38.4 Å². The number of aromatic nitrogens is 4. The summed E-state index contributed by atoms with van der Waals surface area (Å²) in [6.07, 6.45) is 4.94. The Hall–Kier alpha value is -1.83. The van der Waals surface area contributed by atoms with Crippen molar-refractivity contribution in [3.05, 3.63) is 29.7 Å². The first-order valence-corrected chi connectivity index (χ1v) is 7.93. The van der Waals surface area contributed by atoms with Crippen molar-refractivity contribution in [3.8, 4) is 0 Å². The Labute approximate surface area is 132 Å². The maximum Gasteiger partial charge on any atom is 0.249 e. The molecule has 6 nitrogen and oxygen atoms in total. The summed E-state index contributed by atoms with van der Waals surface area (Å²) in [4.78, 5) is 4.48. The molecule has 3 heterocycles. The molecule has 0 aromatic carbocycles. The number of rotatable bonds is 3. The minimum absolute atomic E-state index is 0.204. The Balaban J connectivity index is 1.66. The van der Waals surface area contributed by atoms with E-state index in [0.29, 0.717) is 11.7 Å². The van der Waals surface area contributed by atoms with Crippen LogP contribution in [0.5, 0.6) is 0 Å². The van der Waals surface area contributed by atoms with Gasteiger partial charge in [0.05, 0.1) is 6.20 Å². The average Bonchev–Trinajstić information content (AvgIpc) is 3.15. The molecule has 2 aliphatic rings. The lowest BCUT2D eigenvalue weighted by molar-refractivity contribution is -0.0925. The Morgan fingerprint density at radius 1 is 1.30 bits per heavy atom. The van der Waals surface area contributed by atoms with Crippen molar-refractivity contribution >= 4 is 0 Å². The number of piperidine rings is 1. The monoisotopic (exact) mass is 323 g/mol. The topological polar surface area (TPSA) is 68.8 Å². The summed E-state index contributed by atoms with van der Waals surface area (Å²) in [5.41, 5.74) is 0.596. The largest absolute Gasteiger partial charge is 0.339 e. The maximum atomic E-state index is 13.1. The molecule has 124 valence electrons. The predicted octanol–water partition coefficient (Wildman–Crippen LogP) is 2.21. The minimum Gasteiger partial charge on any atom is -0.339 e. The van der Waals surface area contributed by atoms with E-state index in [1.165, 1.54) is 0 Å². The van der Waals surface area contributed by atoms with E-state index in [2.05, 4.69) is 20.6 Å². The van der Waals surface area contributed by atoms with E-state index in [1.54, 1.807) is 6.20 Å². The summed E-state index contributed by atoms with van der Waals surface area (Å²) in [5, 5.41) is 11.9. The predicted molar refractivity (Wildman–Crippen MR) is 77.4 cm³/mol. The summed E-state index contributed by atoms with van der Waals surface area (Å²) >= 11 is 0.